The zero-order valence-corrected chi connectivity index (χ0v) is 11.6. The molecule has 5 nitrogen and oxygen atoms in total. The number of halogens is 8. The van der Waals surface area contributed by atoms with Gasteiger partial charge in [0.1, 0.15) is 0 Å². The molecular weight excluding hydrogens is 359 g/mol. The van der Waals surface area contributed by atoms with Crippen molar-refractivity contribution in [2.45, 2.75) is 12.4 Å². The van der Waals surface area contributed by atoms with Crippen LogP contribution in [0.4, 0.5) is 34.7 Å². The molecule has 0 saturated heterocycles. The fourth-order valence-corrected chi connectivity index (χ4v) is 1.51. The van der Waals surface area contributed by atoms with Gasteiger partial charge < -0.3 is 0 Å². The molecule has 2 N–H and O–H groups in total. The minimum atomic E-state index is -7.39. The van der Waals surface area contributed by atoms with Crippen LogP contribution in [0.1, 0.15) is 0 Å². The van der Waals surface area contributed by atoms with Crippen molar-refractivity contribution in [2.75, 3.05) is 33.0 Å². The van der Waals surface area contributed by atoms with Crippen molar-refractivity contribution in [1.82, 2.24) is 0 Å². The van der Waals surface area contributed by atoms with E-state index in [2.05, 4.69) is 14.0 Å². The number of rotatable bonds is 9. The summed E-state index contributed by atoms with van der Waals surface area (Å²) in [5.41, 5.74) is 0. The molecule has 0 heterocycles. The Balaban J connectivity index is 4.37. The summed E-state index contributed by atoms with van der Waals surface area (Å²) < 4.78 is 107. The van der Waals surface area contributed by atoms with E-state index >= 15 is 0 Å². The third-order valence-electron chi connectivity index (χ3n) is 1.76. The second-order valence-electron chi connectivity index (χ2n) is 4.18. The van der Waals surface area contributed by atoms with Crippen molar-refractivity contribution >= 4 is 7.91 Å². The Hall–Kier alpha value is -0.330. The van der Waals surface area contributed by atoms with Gasteiger partial charge in [0.25, 0.3) is 0 Å². The van der Waals surface area contributed by atoms with Crippen LogP contribution in [0.25, 0.3) is 0 Å². The zero-order chi connectivity index (χ0) is 17.7. The van der Waals surface area contributed by atoms with E-state index in [-0.39, 0.29) is 0 Å². The first-order valence-electron chi connectivity index (χ1n) is 5.43. The number of ether oxygens (including phenoxy) is 2. The molecule has 0 aliphatic rings. The third-order valence-corrected chi connectivity index (χ3v) is 2.34. The maximum atomic E-state index is 12.4. The van der Waals surface area contributed by atoms with Gasteiger partial charge in [0, 0.05) is 0 Å². The van der Waals surface area contributed by atoms with E-state index in [0.717, 1.165) is 0 Å². The first-order chi connectivity index (χ1) is 9.54. The molecule has 0 aromatic heterocycles. The molecule has 0 radical (unpaired) electrons. The van der Waals surface area contributed by atoms with Gasteiger partial charge in [0.2, 0.25) is 0 Å². The molecule has 0 fully saturated rings. The van der Waals surface area contributed by atoms with Crippen molar-refractivity contribution in [1.29, 1.82) is 0 Å². The molecule has 0 aromatic rings. The van der Waals surface area contributed by atoms with Crippen LogP contribution in [-0.4, -0.2) is 55.2 Å². The number of hydrogen-bond donors (Lipinski definition) is 2. The molecule has 0 bridgehead atoms. The Kier molecular flexibility index (Phi) is 7.38. The molecule has 0 aromatic carbocycles. The van der Waals surface area contributed by atoms with Crippen LogP contribution in [0.2, 0.25) is 0 Å². The van der Waals surface area contributed by atoms with Crippen LogP contribution in [0.15, 0.2) is 0 Å². The average Bonchev–Trinajstić information content (AvgIpc) is 2.19. The van der Waals surface area contributed by atoms with Crippen LogP contribution in [-0.2, 0) is 14.0 Å². The molecule has 22 heavy (non-hydrogen) atoms. The zero-order valence-electron chi connectivity index (χ0n) is 10.7. The summed E-state index contributed by atoms with van der Waals surface area (Å²) in [7, 11) is -7.39. The molecule has 0 rings (SSSR count). The Labute approximate surface area is 119 Å². The van der Waals surface area contributed by atoms with Gasteiger partial charge in [0.05, 0.1) is 0 Å². The van der Waals surface area contributed by atoms with E-state index in [1.165, 1.54) is 0 Å². The van der Waals surface area contributed by atoms with Crippen LogP contribution in [0, 0.1) is 5.92 Å². The standard InChI is InChI=1S/C8H13F8O5P/c9-7(10,11)4-19-1-6(2-20-5-8(12,13)14)3-21-22(15,16,17)18/h6,17-18H,1-5H2. The average molecular weight is 372 g/mol. The van der Waals surface area contributed by atoms with E-state index in [0.29, 0.717) is 0 Å². The first-order valence-corrected chi connectivity index (χ1v) is 7.27. The maximum absolute atomic E-state index is 12.4. The van der Waals surface area contributed by atoms with E-state index in [9.17, 15) is 34.7 Å². The summed E-state index contributed by atoms with van der Waals surface area (Å²) in [6, 6.07) is 0. The molecule has 0 atom stereocenters. The fraction of sp³-hybridized carbons (Fsp3) is 1.00. The summed E-state index contributed by atoms with van der Waals surface area (Å²) in [6.45, 7) is -6.69. The summed E-state index contributed by atoms with van der Waals surface area (Å²) in [5.74, 6) is -1.50. The van der Waals surface area contributed by atoms with Gasteiger partial charge in [-0.15, -0.1) is 0 Å². The second kappa shape index (κ2) is 7.49. The number of alkyl halides is 6. The van der Waals surface area contributed by atoms with E-state index < -0.39 is 59.2 Å². The van der Waals surface area contributed by atoms with Gasteiger partial charge in [-0.2, -0.15) is 0 Å². The predicted octanol–water partition coefficient (Wildman–Crippen LogP) is 2.83. The summed E-state index contributed by atoms with van der Waals surface area (Å²) >= 11 is 0. The SMILES string of the molecule is OP(O)(F)(F)OCC(COCC(F)(F)F)COCC(F)(F)F. The normalized spacial score (nSPS) is 15.9. The summed E-state index contributed by atoms with van der Waals surface area (Å²) in [5, 5.41) is 0. The molecule has 136 valence electrons. The van der Waals surface area contributed by atoms with Crippen molar-refractivity contribution in [2.24, 2.45) is 5.92 Å². The molecule has 0 unspecified atom stereocenters. The van der Waals surface area contributed by atoms with Gasteiger partial charge in [-0.1, -0.05) is 0 Å². The van der Waals surface area contributed by atoms with Gasteiger partial charge in [-0.05, 0) is 0 Å². The molecule has 14 heteroatoms. The van der Waals surface area contributed by atoms with E-state index in [1.807, 2.05) is 0 Å². The van der Waals surface area contributed by atoms with Gasteiger partial charge in [0.15, 0.2) is 0 Å². The molecule has 0 spiro atoms. The van der Waals surface area contributed by atoms with Gasteiger partial charge in [-0.3, -0.25) is 0 Å². The molecule has 0 saturated carbocycles. The second-order valence-corrected chi connectivity index (χ2v) is 5.95. The third kappa shape index (κ3) is 16.0. The fourth-order valence-electron chi connectivity index (χ4n) is 1.06. The summed E-state index contributed by atoms with van der Waals surface area (Å²) in [6.07, 6.45) is -9.46. The predicted molar refractivity (Wildman–Crippen MR) is 56.8 cm³/mol. The number of hydrogen-bond acceptors (Lipinski definition) is 5. The minimum absolute atomic E-state index is 0.941. The Bertz CT molecular complexity index is 309. The molecule has 0 aliphatic carbocycles. The van der Waals surface area contributed by atoms with Crippen LogP contribution < -0.4 is 0 Å². The van der Waals surface area contributed by atoms with Crippen LogP contribution in [0.3, 0.4) is 0 Å². The summed E-state index contributed by atoms with van der Waals surface area (Å²) in [4.78, 5) is 16.3. The topological polar surface area (TPSA) is 68.2 Å². The Morgan fingerprint density at radius 3 is 1.41 bits per heavy atom. The van der Waals surface area contributed by atoms with E-state index in [4.69, 9.17) is 9.79 Å². The van der Waals surface area contributed by atoms with Crippen LogP contribution >= 0.6 is 7.91 Å². The quantitative estimate of drug-likeness (QED) is 0.481. The van der Waals surface area contributed by atoms with Crippen molar-refractivity contribution in [3.05, 3.63) is 0 Å². The van der Waals surface area contributed by atoms with Crippen LogP contribution in [0.5, 0.6) is 0 Å². The molecule has 0 aliphatic heterocycles. The van der Waals surface area contributed by atoms with Crippen molar-refractivity contribution < 1.29 is 58.5 Å². The van der Waals surface area contributed by atoms with Gasteiger partial charge >= 0.3 is 118 Å². The van der Waals surface area contributed by atoms with E-state index in [1.54, 1.807) is 0 Å². The molecular formula is C8H13F8O5P. The first kappa shape index (κ1) is 21.7. The van der Waals surface area contributed by atoms with Gasteiger partial charge in [-0.25, -0.2) is 0 Å². The van der Waals surface area contributed by atoms with Crippen molar-refractivity contribution in [3.8, 4) is 0 Å². The Morgan fingerprint density at radius 1 is 0.773 bits per heavy atom. The monoisotopic (exact) mass is 372 g/mol. The van der Waals surface area contributed by atoms with Crippen molar-refractivity contribution in [3.63, 3.8) is 0 Å². The Morgan fingerprint density at radius 2 is 1.14 bits per heavy atom. The molecule has 0 amide bonds.